The van der Waals surface area contributed by atoms with Gasteiger partial charge in [0.2, 0.25) is 5.91 Å². The highest BCUT2D eigenvalue weighted by atomic mass is 16.6. The first-order valence-electron chi connectivity index (χ1n) is 11.4. The molecule has 0 bridgehead atoms. The number of aromatic nitrogens is 2. The first-order chi connectivity index (χ1) is 15.7. The minimum Gasteiger partial charge on any atom is -0.409 e. The Balaban J connectivity index is 1.75. The maximum atomic E-state index is 13.4. The molecule has 1 aliphatic heterocycles. The van der Waals surface area contributed by atoms with Crippen LogP contribution in [-0.4, -0.2) is 54.1 Å². The molecule has 0 radical (unpaired) electrons. The number of carbonyl (C=O) groups is 2. The predicted molar refractivity (Wildman–Crippen MR) is 126 cm³/mol. The van der Waals surface area contributed by atoms with E-state index < -0.39 is 19.1 Å². The zero-order valence-corrected chi connectivity index (χ0v) is 19.8. The summed E-state index contributed by atoms with van der Waals surface area (Å²) in [5.74, 6) is -0.759. The maximum Gasteiger partial charge on any atom is 0.480 e. The number of hydrogen-bond donors (Lipinski definition) is 2. The van der Waals surface area contributed by atoms with Gasteiger partial charge in [0, 0.05) is 37.4 Å². The van der Waals surface area contributed by atoms with E-state index in [1.165, 1.54) is 18.6 Å². The molecule has 33 heavy (non-hydrogen) atoms. The van der Waals surface area contributed by atoms with Crippen molar-refractivity contribution in [2.75, 3.05) is 13.2 Å². The Labute approximate surface area is 196 Å². The zero-order valence-electron chi connectivity index (χ0n) is 19.8. The van der Waals surface area contributed by atoms with E-state index in [1.807, 2.05) is 30.3 Å². The van der Waals surface area contributed by atoms with Gasteiger partial charge in [0.15, 0.2) is 0 Å². The molecule has 0 saturated carbocycles. The highest BCUT2D eigenvalue weighted by Gasteiger charge is 2.40. The molecule has 3 rings (SSSR count). The fourth-order valence-electron chi connectivity index (χ4n) is 3.67. The molecule has 1 fully saturated rings. The summed E-state index contributed by atoms with van der Waals surface area (Å²) in [5.41, 5.74) is 1.02. The summed E-state index contributed by atoms with van der Waals surface area (Å²) in [6.07, 6.45) is 5.34. The Morgan fingerprint density at radius 2 is 1.79 bits per heavy atom. The normalized spacial score (nSPS) is 17.3. The Bertz CT molecular complexity index is 901. The third kappa shape index (κ3) is 7.65. The van der Waals surface area contributed by atoms with Crippen LogP contribution in [0.4, 0.5) is 0 Å². The van der Waals surface area contributed by atoms with Crippen LogP contribution in [0.25, 0.3) is 0 Å². The highest BCUT2D eigenvalue weighted by molar-refractivity contribution is 6.47. The summed E-state index contributed by atoms with van der Waals surface area (Å²) in [6.45, 7) is 9.44. The molecule has 176 valence electrons. The van der Waals surface area contributed by atoms with Gasteiger partial charge in [-0.1, -0.05) is 58.0 Å². The summed E-state index contributed by atoms with van der Waals surface area (Å²) in [6, 6.07) is 8.78. The molecule has 9 heteroatoms. The van der Waals surface area contributed by atoms with Gasteiger partial charge in [-0.2, -0.15) is 0 Å². The molecular formula is C24H33BN4O4. The summed E-state index contributed by atoms with van der Waals surface area (Å²) in [4.78, 5) is 34.1. The van der Waals surface area contributed by atoms with E-state index in [1.54, 1.807) is 0 Å². The largest absolute Gasteiger partial charge is 0.480 e. The standard InChI is InChI=1S/C24H33BN4O4/c1-17(2)12-21(25-32-15-24(3,4)16-33-25)29-22(30)19(13-18-8-6-5-7-9-18)28-23(31)20-14-26-10-11-27-20/h5-11,14,17,19,21H,12-13,15-16H2,1-4H3,(H,28,31)(H,29,30)/t19-,21-/m0/s1. The second-order valence-corrected chi connectivity index (χ2v) is 9.71. The van der Waals surface area contributed by atoms with E-state index in [4.69, 9.17) is 9.31 Å². The third-order valence-electron chi connectivity index (χ3n) is 5.36. The third-order valence-corrected chi connectivity index (χ3v) is 5.36. The van der Waals surface area contributed by atoms with Gasteiger partial charge in [-0.15, -0.1) is 0 Å². The predicted octanol–water partition coefficient (Wildman–Crippen LogP) is 2.45. The lowest BCUT2D eigenvalue weighted by molar-refractivity contribution is -0.123. The van der Waals surface area contributed by atoms with Crippen molar-refractivity contribution in [2.45, 2.75) is 52.5 Å². The molecule has 2 N–H and O–H groups in total. The second kappa shape index (κ2) is 11.4. The fourth-order valence-corrected chi connectivity index (χ4v) is 3.67. The average molecular weight is 452 g/mol. The van der Waals surface area contributed by atoms with Gasteiger partial charge in [0.1, 0.15) is 11.7 Å². The van der Waals surface area contributed by atoms with E-state index in [0.717, 1.165) is 5.56 Å². The quantitative estimate of drug-likeness (QED) is 0.567. The molecule has 1 aromatic carbocycles. The lowest BCUT2D eigenvalue weighted by Gasteiger charge is -2.37. The van der Waals surface area contributed by atoms with Crippen LogP contribution in [0.1, 0.15) is 50.2 Å². The average Bonchev–Trinajstić information content (AvgIpc) is 2.79. The second-order valence-electron chi connectivity index (χ2n) is 9.71. The van der Waals surface area contributed by atoms with E-state index in [0.29, 0.717) is 32.0 Å². The van der Waals surface area contributed by atoms with Gasteiger partial charge in [0.25, 0.3) is 5.91 Å². The number of nitrogens with zero attached hydrogens (tertiary/aromatic N) is 2. The Morgan fingerprint density at radius 1 is 1.09 bits per heavy atom. The number of benzene rings is 1. The zero-order chi connectivity index (χ0) is 23.8. The molecular weight excluding hydrogens is 419 g/mol. The Morgan fingerprint density at radius 3 is 2.39 bits per heavy atom. The number of carbonyl (C=O) groups excluding carboxylic acids is 2. The summed E-state index contributed by atoms with van der Waals surface area (Å²) in [7, 11) is -0.530. The van der Waals surface area contributed by atoms with Crippen LogP contribution in [0.5, 0.6) is 0 Å². The van der Waals surface area contributed by atoms with Crippen molar-refractivity contribution in [3.8, 4) is 0 Å². The summed E-state index contributed by atoms with van der Waals surface area (Å²) in [5, 5.41) is 5.90. The topological polar surface area (TPSA) is 102 Å². The van der Waals surface area contributed by atoms with Crippen LogP contribution in [0, 0.1) is 11.3 Å². The van der Waals surface area contributed by atoms with Crippen LogP contribution < -0.4 is 10.6 Å². The van der Waals surface area contributed by atoms with Crippen molar-refractivity contribution in [1.29, 1.82) is 0 Å². The van der Waals surface area contributed by atoms with Gasteiger partial charge < -0.3 is 19.9 Å². The minimum absolute atomic E-state index is 0.0660. The number of nitrogens with one attached hydrogen (secondary N) is 2. The molecule has 0 aliphatic carbocycles. The lowest BCUT2D eigenvalue weighted by atomic mass is 9.71. The van der Waals surface area contributed by atoms with Crippen molar-refractivity contribution < 1.29 is 18.9 Å². The van der Waals surface area contributed by atoms with Crippen LogP contribution in [0.3, 0.4) is 0 Å². The van der Waals surface area contributed by atoms with Crippen molar-refractivity contribution in [1.82, 2.24) is 20.6 Å². The smallest absolute Gasteiger partial charge is 0.409 e. The Hall–Kier alpha value is -2.78. The monoisotopic (exact) mass is 452 g/mol. The maximum absolute atomic E-state index is 13.4. The van der Waals surface area contributed by atoms with E-state index >= 15 is 0 Å². The van der Waals surface area contributed by atoms with E-state index in [9.17, 15) is 9.59 Å². The Kier molecular flexibility index (Phi) is 8.58. The van der Waals surface area contributed by atoms with E-state index in [-0.39, 0.29) is 23.0 Å². The van der Waals surface area contributed by atoms with Crippen molar-refractivity contribution in [3.63, 3.8) is 0 Å². The molecule has 2 atom stereocenters. The molecule has 1 saturated heterocycles. The van der Waals surface area contributed by atoms with Crippen LogP contribution in [0.2, 0.25) is 0 Å². The molecule has 2 aromatic rings. The fraction of sp³-hybridized carbons (Fsp3) is 0.500. The lowest BCUT2D eigenvalue weighted by Crippen LogP contribution is -2.58. The molecule has 0 unspecified atom stereocenters. The van der Waals surface area contributed by atoms with Gasteiger partial charge in [0.05, 0.1) is 12.1 Å². The first kappa shape index (κ1) is 24.9. The number of rotatable bonds is 9. The van der Waals surface area contributed by atoms with Crippen LogP contribution in [0.15, 0.2) is 48.9 Å². The van der Waals surface area contributed by atoms with Crippen molar-refractivity contribution in [3.05, 3.63) is 60.2 Å². The molecule has 8 nitrogen and oxygen atoms in total. The molecule has 1 aromatic heterocycles. The molecule has 0 spiro atoms. The van der Waals surface area contributed by atoms with Crippen molar-refractivity contribution in [2.24, 2.45) is 11.3 Å². The number of amides is 2. The van der Waals surface area contributed by atoms with Crippen LogP contribution in [-0.2, 0) is 20.5 Å². The highest BCUT2D eigenvalue weighted by Crippen LogP contribution is 2.24. The van der Waals surface area contributed by atoms with E-state index in [2.05, 4.69) is 48.3 Å². The van der Waals surface area contributed by atoms with Crippen LogP contribution >= 0.6 is 0 Å². The van der Waals surface area contributed by atoms with Gasteiger partial charge in [-0.3, -0.25) is 14.6 Å². The minimum atomic E-state index is -0.795. The summed E-state index contributed by atoms with van der Waals surface area (Å²) >= 11 is 0. The van der Waals surface area contributed by atoms with Gasteiger partial charge in [-0.25, -0.2) is 4.98 Å². The van der Waals surface area contributed by atoms with Gasteiger partial charge in [-0.05, 0) is 17.9 Å². The summed E-state index contributed by atoms with van der Waals surface area (Å²) < 4.78 is 11.9. The molecule has 2 heterocycles. The molecule has 1 aliphatic rings. The first-order valence-corrected chi connectivity index (χ1v) is 11.4. The van der Waals surface area contributed by atoms with Crippen molar-refractivity contribution >= 4 is 18.9 Å². The molecule has 2 amide bonds. The number of hydrogen-bond acceptors (Lipinski definition) is 6. The SMILES string of the molecule is CC(C)C[C@H](NC(=O)[C@H](Cc1ccccc1)NC(=O)c1cnccn1)B1OCC(C)(C)CO1. The van der Waals surface area contributed by atoms with Gasteiger partial charge >= 0.3 is 7.12 Å².